The minimum atomic E-state index is -0.315. The van der Waals surface area contributed by atoms with Crippen molar-refractivity contribution in [2.75, 3.05) is 39.3 Å². The van der Waals surface area contributed by atoms with Crippen molar-refractivity contribution in [2.45, 2.75) is 50.7 Å². The van der Waals surface area contributed by atoms with Crippen LogP contribution in [0.3, 0.4) is 0 Å². The SMILES string of the molecule is NCC(O)CCN1CCC(N2CCCCC2)CC1. The lowest BCUT2D eigenvalue weighted by Crippen LogP contribution is -2.47. The van der Waals surface area contributed by atoms with Gasteiger partial charge in [-0.2, -0.15) is 0 Å². The second-order valence-corrected chi connectivity index (χ2v) is 5.85. The van der Waals surface area contributed by atoms with E-state index < -0.39 is 0 Å². The average Bonchev–Trinajstić information content (AvgIpc) is 2.46. The third kappa shape index (κ3) is 4.19. The summed E-state index contributed by atoms with van der Waals surface area (Å²) in [5.74, 6) is 0. The minimum Gasteiger partial charge on any atom is -0.392 e. The van der Waals surface area contributed by atoms with E-state index in [1.807, 2.05) is 0 Å². The average molecular weight is 255 g/mol. The fourth-order valence-corrected chi connectivity index (χ4v) is 3.24. The first-order valence-corrected chi connectivity index (χ1v) is 7.64. The topological polar surface area (TPSA) is 52.7 Å². The summed E-state index contributed by atoms with van der Waals surface area (Å²) in [7, 11) is 0. The Morgan fingerprint density at radius 3 is 2.33 bits per heavy atom. The number of piperidine rings is 2. The molecule has 0 amide bonds. The van der Waals surface area contributed by atoms with Crippen LogP contribution < -0.4 is 5.73 Å². The molecule has 18 heavy (non-hydrogen) atoms. The molecule has 0 spiro atoms. The van der Waals surface area contributed by atoms with Gasteiger partial charge >= 0.3 is 0 Å². The molecule has 0 aromatic heterocycles. The number of aliphatic hydroxyl groups is 1. The van der Waals surface area contributed by atoms with Gasteiger partial charge in [-0.3, -0.25) is 0 Å². The summed E-state index contributed by atoms with van der Waals surface area (Å²) in [5, 5.41) is 9.48. The zero-order valence-electron chi connectivity index (χ0n) is 11.6. The summed E-state index contributed by atoms with van der Waals surface area (Å²) >= 11 is 0. The fraction of sp³-hybridized carbons (Fsp3) is 1.00. The fourth-order valence-electron chi connectivity index (χ4n) is 3.24. The van der Waals surface area contributed by atoms with Crippen LogP contribution in [0.1, 0.15) is 38.5 Å². The molecule has 0 radical (unpaired) electrons. The molecule has 0 saturated carbocycles. The number of hydrogen-bond donors (Lipinski definition) is 2. The Bertz CT molecular complexity index is 223. The quantitative estimate of drug-likeness (QED) is 0.757. The summed E-state index contributed by atoms with van der Waals surface area (Å²) in [6.07, 6.45) is 7.32. The summed E-state index contributed by atoms with van der Waals surface area (Å²) in [6.45, 7) is 6.42. The summed E-state index contributed by atoms with van der Waals surface area (Å²) < 4.78 is 0. The molecule has 0 aromatic carbocycles. The van der Waals surface area contributed by atoms with E-state index >= 15 is 0 Å². The smallest absolute Gasteiger partial charge is 0.0674 e. The Labute approximate surface area is 111 Å². The van der Waals surface area contributed by atoms with E-state index in [0.717, 1.165) is 19.0 Å². The first-order valence-electron chi connectivity index (χ1n) is 7.64. The van der Waals surface area contributed by atoms with Gasteiger partial charge < -0.3 is 20.6 Å². The van der Waals surface area contributed by atoms with Crippen molar-refractivity contribution < 1.29 is 5.11 Å². The first-order chi connectivity index (χ1) is 8.79. The summed E-state index contributed by atoms with van der Waals surface area (Å²) in [4.78, 5) is 5.19. The Morgan fingerprint density at radius 1 is 1.06 bits per heavy atom. The summed E-state index contributed by atoms with van der Waals surface area (Å²) in [6, 6.07) is 0.820. The van der Waals surface area contributed by atoms with Crippen LogP contribution in [0.5, 0.6) is 0 Å². The number of likely N-dealkylation sites (tertiary alicyclic amines) is 2. The van der Waals surface area contributed by atoms with Crippen LogP contribution >= 0.6 is 0 Å². The van der Waals surface area contributed by atoms with Crippen molar-refractivity contribution in [3.63, 3.8) is 0 Å². The molecule has 106 valence electrons. The molecule has 3 N–H and O–H groups in total. The largest absolute Gasteiger partial charge is 0.392 e. The second kappa shape index (κ2) is 7.43. The molecule has 1 atom stereocenters. The maximum Gasteiger partial charge on any atom is 0.0674 e. The van der Waals surface area contributed by atoms with Gasteiger partial charge in [0.1, 0.15) is 0 Å². The van der Waals surface area contributed by atoms with Gasteiger partial charge in [-0.25, -0.2) is 0 Å². The molecular weight excluding hydrogens is 226 g/mol. The van der Waals surface area contributed by atoms with Crippen LogP contribution in [0.15, 0.2) is 0 Å². The standard InChI is InChI=1S/C14H29N3O/c15-12-14(18)6-11-16-9-4-13(5-10-16)17-7-2-1-3-8-17/h13-14,18H,1-12,15H2. The molecular formula is C14H29N3O. The van der Waals surface area contributed by atoms with Gasteiger partial charge in [0, 0.05) is 19.1 Å². The van der Waals surface area contributed by atoms with E-state index in [9.17, 15) is 5.11 Å². The molecule has 1 unspecified atom stereocenters. The van der Waals surface area contributed by atoms with Crippen molar-refractivity contribution >= 4 is 0 Å². The highest BCUT2D eigenvalue weighted by Gasteiger charge is 2.25. The maximum absolute atomic E-state index is 9.48. The van der Waals surface area contributed by atoms with Crippen molar-refractivity contribution in [1.82, 2.24) is 9.80 Å². The predicted octanol–water partition coefficient (Wildman–Crippen LogP) is 0.646. The van der Waals surface area contributed by atoms with E-state index in [4.69, 9.17) is 5.73 Å². The number of rotatable bonds is 5. The number of nitrogens with zero attached hydrogens (tertiary/aromatic N) is 2. The third-order valence-corrected chi connectivity index (χ3v) is 4.51. The highest BCUT2D eigenvalue weighted by Crippen LogP contribution is 2.20. The molecule has 2 fully saturated rings. The molecule has 0 aromatic rings. The first kappa shape index (κ1) is 14.3. The van der Waals surface area contributed by atoms with Gasteiger partial charge in [0.05, 0.1) is 6.10 Å². The van der Waals surface area contributed by atoms with Crippen LogP contribution in [0, 0.1) is 0 Å². The maximum atomic E-state index is 9.48. The summed E-state index contributed by atoms with van der Waals surface area (Å²) in [5.41, 5.74) is 5.43. The van der Waals surface area contributed by atoms with Crippen LogP contribution in [0.4, 0.5) is 0 Å². The molecule has 2 rings (SSSR count). The number of aliphatic hydroxyl groups excluding tert-OH is 1. The lowest BCUT2D eigenvalue weighted by Gasteiger charge is -2.40. The lowest BCUT2D eigenvalue weighted by molar-refractivity contribution is 0.0819. The Kier molecular flexibility index (Phi) is 5.89. The zero-order chi connectivity index (χ0) is 12.8. The van der Waals surface area contributed by atoms with Crippen LogP contribution in [0.25, 0.3) is 0 Å². The van der Waals surface area contributed by atoms with E-state index in [0.29, 0.717) is 6.54 Å². The highest BCUT2D eigenvalue weighted by molar-refractivity contribution is 4.81. The third-order valence-electron chi connectivity index (χ3n) is 4.51. The lowest BCUT2D eigenvalue weighted by atomic mass is 9.99. The Hall–Kier alpha value is -0.160. The van der Waals surface area contributed by atoms with Crippen LogP contribution in [-0.2, 0) is 0 Å². The monoisotopic (exact) mass is 255 g/mol. The van der Waals surface area contributed by atoms with Gasteiger partial charge in [0.25, 0.3) is 0 Å². The van der Waals surface area contributed by atoms with Crippen LogP contribution in [0.2, 0.25) is 0 Å². The van der Waals surface area contributed by atoms with Crippen molar-refractivity contribution in [3.05, 3.63) is 0 Å². The molecule has 2 aliphatic heterocycles. The highest BCUT2D eigenvalue weighted by atomic mass is 16.3. The number of nitrogens with two attached hydrogens (primary N) is 1. The molecule has 0 bridgehead atoms. The van der Waals surface area contributed by atoms with Gasteiger partial charge in [-0.05, 0) is 58.3 Å². The molecule has 2 saturated heterocycles. The van der Waals surface area contributed by atoms with E-state index in [1.165, 1.54) is 58.3 Å². The zero-order valence-corrected chi connectivity index (χ0v) is 11.6. The second-order valence-electron chi connectivity index (χ2n) is 5.85. The van der Waals surface area contributed by atoms with E-state index in [-0.39, 0.29) is 6.10 Å². The Morgan fingerprint density at radius 2 is 1.72 bits per heavy atom. The number of hydrogen-bond acceptors (Lipinski definition) is 4. The van der Waals surface area contributed by atoms with E-state index in [1.54, 1.807) is 0 Å². The molecule has 2 aliphatic rings. The van der Waals surface area contributed by atoms with Gasteiger partial charge in [-0.1, -0.05) is 6.42 Å². The molecule has 4 heteroatoms. The predicted molar refractivity (Wildman–Crippen MR) is 74.6 cm³/mol. The van der Waals surface area contributed by atoms with Gasteiger partial charge in [0.15, 0.2) is 0 Å². The van der Waals surface area contributed by atoms with Gasteiger partial charge in [0.2, 0.25) is 0 Å². The Balaban J connectivity index is 1.64. The molecule has 2 heterocycles. The van der Waals surface area contributed by atoms with Crippen LogP contribution in [-0.4, -0.2) is 66.3 Å². The molecule has 4 nitrogen and oxygen atoms in total. The normalized spacial score (nSPS) is 26.3. The van der Waals surface area contributed by atoms with E-state index in [2.05, 4.69) is 9.80 Å². The minimum absolute atomic E-state index is 0.315. The molecule has 0 aliphatic carbocycles. The van der Waals surface area contributed by atoms with Crippen molar-refractivity contribution in [3.8, 4) is 0 Å². The van der Waals surface area contributed by atoms with Gasteiger partial charge in [-0.15, -0.1) is 0 Å². The van der Waals surface area contributed by atoms with Crippen molar-refractivity contribution in [2.24, 2.45) is 5.73 Å². The van der Waals surface area contributed by atoms with Crippen molar-refractivity contribution in [1.29, 1.82) is 0 Å².